The number of benzene rings is 2. The highest BCUT2D eigenvalue weighted by Gasteiger charge is 2.24. The lowest BCUT2D eigenvalue weighted by Crippen LogP contribution is -2.34. The van der Waals surface area contributed by atoms with Crippen molar-refractivity contribution in [1.29, 1.82) is 0 Å². The number of aromatic nitrogens is 3. The number of aryl methyl sites for hydroxylation is 1. The number of hydrogen-bond acceptors (Lipinski definition) is 5. The van der Waals surface area contributed by atoms with Gasteiger partial charge in [-0.05, 0) is 47.9 Å². The van der Waals surface area contributed by atoms with Crippen LogP contribution in [0.5, 0.6) is 0 Å². The minimum absolute atomic E-state index is 0.0852. The Hall–Kier alpha value is -4.09. The molecule has 9 nitrogen and oxygen atoms in total. The highest BCUT2D eigenvalue weighted by atomic mass is 35.5. The van der Waals surface area contributed by atoms with E-state index >= 15 is 4.39 Å². The van der Waals surface area contributed by atoms with Crippen molar-refractivity contribution in [2.24, 2.45) is 0 Å². The Morgan fingerprint density at radius 2 is 1.89 bits per heavy atom. The van der Waals surface area contributed by atoms with Gasteiger partial charge in [-0.1, -0.05) is 35.9 Å². The SMILES string of the molecule is Cc1ccc(-c2ccn3nc(NC(=O)O)nc3c2)c(F)c1C(=O)NCC(F)C(O)c1ccc(Cl)cc1. The Balaban J connectivity index is 1.54. The second-order valence-corrected chi connectivity index (χ2v) is 8.36. The lowest BCUT2D eigenvalue weighted by molar-refractivity contribution is 0.0714. The molecule has 0 fully saturated rings. The van der Waals surface area contributed by atoms with Gasteiger partial charge < -0.3 is 15.5 Å². The van der Waals surface area contributed by atoms with Gasteiger partial charge in [-0.2, -0.15) is 4.98 Å². The quantitative estimate of drug-likeness (QED) is 0.289. The van der Waals surface area contributed by atoms with E-state index in [1.165, 1.54) is 53.2 Å². The number of carbonyl (C=O) groups excluding carboxylic acids is 1. The van der Waals surface area contributed by atoms with Gasteiger partial charge in [-0.3, -0.25) is 10.1 Å². The van der Waals surface area contributed by atoms with Crippen molar-refractivity contribution >= 4 is 35.2 Å². The normalized spacial score (nSPS) is 12.8. The number of carbonyl (C=O) groups is 2. The molecular formula is C24H20ClF2N5O4. The number of halogens is 3. The van der Waals surface area contributed by atoms with Crippen molar-refractivity contribution in [3.05, 3.63) is 82.3 Å². The zero-order valence-corrected chi connectivity index (χ0v) is 19.5. The molecule has 2 unspecified atom stereocenters. The van der Waals surface area contributed by atoms with Crippen LogP contribution >= 0.6 is 11.6 Å². The number of pyridine rings is 1. The van der Waals surface area contributed by atoms with Crippen LogP contribution in [-0.2, 0) is 0 Å². The number of fused-ring (bicyclic) bond motifs is 1. The third-order valence-electron chi connectivity index (χ3n) is 5.46. The molecular weight excluding hydrogens is 496 g/mol. The van der Waals surface area contributed by atoms with E-state index in [4.69, 9.17) is 16.7 Å². The summed E-state index contributed by atoms with van der Waals surface area (Å²) >= 11 is 5.80. The van der Waals surface area contributed by atoms with E-state index in [1.54, 1.807) is 13.0 Å². The number of nitrogens with one attached hydrogen (secondary N) is 2. The van der Waals surface area contributed by atoms with Crippen LogP contribution in [0.15, 0.2) is 54.7 Å². The third kappa shape index (κ3) is 5.26. The zero-order valence-electron chi connectivity index (χ0n) is 18.7. The molecule has 4 rings (SSSR count). The van der Waals surface area contributed by atoms with Gasteiger partial charge in [-0.25, -0.2) is 18.1 Å². The second-order valence-electron chi connectivity index (χ2n) is 7.93. The largest absolute Gasteiger partial charge is 0.465 e. The Bertz CT molecular complexity index is 1440. The molecule has 2 heterocycles. The minimum atomic E-state index is -1.84. The number of anilines is 1. The molecule has 2 aromatic heterocycles. The van der Waals surface area contributed by atoms with Crippen LogP contribution in [0.4, 0.5) is 19.5 Å². The molecule has 2 aromatic carbocycles. The molecule has 4 aromatic rings. The third-order valence-corrected chi connectivity index (χ3v) is 5.71. The smallest absolute Gasteiger partial charge is 0.411 e. The average molecular weight is 516 g/mol. The van der Waals surface area contributed by atoms with Gasteiger partial charge >= 0.3 is 6.09 Å². The Labute approximate surface area is 208 Å². The van der Waals surface area contributed by atoms with E-state index in [9.17, 15) is 19.1 Å². The summed E-state index contributed by atoms with van der Waals surface area (Å²) in [6, 6.07) is 12.0. The number of aliphatic hydroxyl groups is 1. The molecule has 0 aliphatic carbocycles. The van der Waals surface area contributed by atoms with Crippen molar-refractivity contribution in [3.8, 4) is 11.1 Å². The highest BCUT2D eigenvalue weighted by Crippen LogP contribution is 2.28. The zero-order chi connectivity index (χ0) is 26.0. The van der Waals surface area contributed by atoms with E-state index in [1.807, 2.05) is 5.32 Å². The van der Waals surface area contributed by atoms with Gasteiger partial charge in [0.15, 0.2) is 5.65 Å². The average Bonchev–Trinajstić information content (AvgIpc) is 3.23. The number of rotatable bonds is 7. The van der Waals surface area contributed by atoms with Crippen molar-refractivity contribution in [2.45, 2.75) is 19.2 Å². The molecule has 186 valence electrons. The molecule has 36 heavy (non-hydrogen) atoms. The summed E-state index contributed by atoms with van der Waals surface area (Å²) in [6.45, 7) is 1.000. The summed E-state index contributed by atoms with van der Waals surface area (Å²) in [4.78, 5) is 27.6. The number of hydrogen-bond donors (Lipinski definition) is 4. The molecule has 0 bridgehead atoms. The molecule has 2 atom stereocenters. The van der Waals surface area contributed by atoms with Crippen LogP contribution in [0.1, 0.15) is 27.6 Å². The second kappa shape index (κ2) is 10.3. The van der Waals surface area contributed by atoms with Crippen LogP contribution in [0.3, 0.4) is 0 Å². The van der Waals surface area contributed by atoms with Crippen LogP contribution in [0.2, 0.25) is 5.02 Å². The first-order chi connectivity index (χ1) is 17.1. The van der Waals surface area contributed by atoms with Gasteiger partial charge in [0.2, 0.25) is 0 Å². The highest BCUT2D eigenvalue weighted by molar-refractivity contribution is 6.30. The van der Waals surface area contributed by atoms with Crippen LogP contribution in [0.25, 0.3) is 16.8 Å². The Morgan fingerprint density at radius 3 is 2.58 bits per heavy atom. The van der Waals surface area contributed by atoms with Gasteiger partial charge in [0, 0.05) is 16.8 Å². The van der Waals surface area contributed by atoms with Crippen LogP contribution in [-0.4, -0.2) is 49.5 Å². The fourth-order valence-electron chi connectivity index (χ4n) is 3.63. The van der Waals surface area contributed by atoms with Gasteiger partial charge in [0.25, 0.3) is 11.9 Å². The van der Waals surface area contributed by atoms with Crippen molar-refractivity contribution in [2.75, 3.05) is 11.9 Å². The van der Waals surface area contributed by atoms with Crippen molar-refractivity contribution in [3.63, 3.8) is 0 Å². The Kier molecular flexibility index (Phi) is 7.13. The fraction of sp³-hybridized carbons (Fsp3) is 0.167. The summed E-state index contributed by atoms with van der Waals surface area (Å²) in [5, 5.41) is 27.8. The minimum Gasteiger partial charge on any atom is -0.465 e. The van der Waals surface area contributed by atoms with E-state index in [2.05, 4.69) is 15.4 Å². The fourth-order valence-corrected chi connectivity index (χ4v) is 3.76. The maximum atomic E-state index is 15.5. The number of carboxylic acid groups (broad SMARTS) is 1. The number of aliphatic hydroxyl groups excluding tert-OH is 1. The van der Waals surface area contributed by atoms with Gasteiger partial charge in [-0.15, -0.1) is 5.10 Å². The number of amides is 2. The van der Waals surface area contributed by atoms with Gasteiger partial charge in [0.05, 0.1) is 12.1 Å². The summed E-state index contributed by atoms with van der Waals surface area (Å²) in [5.74, 6) is -1.81. The Morgan fingerprint density at radius 1 is 1.17 bits per heavy atom. The molecule has 0 radical (unpaired) electrons. The first-order valence-corrected chi connectivity index (χ1v) is 11.0. The molecule has 0 spiro atoms. The molecule has 0 saturated carbocycles. The van der Waals surface area contributed by atoms with Crippen molar-refractivity contribution in [1.82, 2.24) is 19.9 Å². The maximum absolute atomic E-state index is 15.5. The summed E-state index contributed by atoms with van der Waals surface area (Å²) < 4.78 is 31.4. The van der Waals surface area contributed by atoms with Crippen LogP contribution < -0.4 is 10.6 Å². The number of alkyl halides is 1. The maximum Gasteiger partial charge on any atom is 0.411 e. The standard InChI is InChI=1S/C24H20ClF2N5O4/c1-12-2-7-16(14-8-9-32-18(10-14)29-23(31-32)30-24(35)36)20(27)19(12)22(34)28-11-17(26)21(33)13-3-5-15(25)6-4-13/h2-10,17,21,33H,11H2,1H3,(H,28,34)(H,30,31)(H,35,36). The van der Waals surface area contributed by atoms with E-state index < -0.39 is 36.6 Å². The molecule has 0 aliphatic heterocycles. The summed E-state index contributed by atoms with van der Waals surface area (Å²) in [5.41, 5.74) is 1.05. The molecule has 4 N–H and O–H groups in total. The monoisotopic (exact) mass is 515 g/mol. The predicted octanol–water partition coefficient (Wildman–Crippen LogP) is 4.39. The van der Waals surface area contributed by atoms with Gasteiger partial charge in [0.1, 0.15) is 18.1 Å². The first-order valence-electron chi connectivity index (χ1n) is 10.7. The van der Waals surface area contributed by atoms with E-state index in [-0.39, 0.29) is 28.3 Å². The molecule has 0 aliphatic rings. The molecule has 0 saturated heterocycles. The first kappa shape index (κ1) is 25.0. The van der Waals surface area contributed by atoms with E-state index in [0.717, 1.165) is 0 Å². The molecule has 12 heteroatoms. The van der Waals surface area contributed by atoms with Crippen molar-refractivity contribution < 1.29 is 28.6 Å². The predicted molar refractivity (Wildman–Crippen MR) is 128 cm³/mol. The molecule has 2 amide bonds. The van der Waals surface area contributed by atoms with Crippen LogP contribution in [0, 0.1) is 12.7 Å². The van der Waals surface area contributed by atoms with E-state index in [0.29, 0.717) is 16.1 Å². The lowest BCUT2D eigenvalue weighted by atomic mass is 9.98. The topological polar surface area (TPSA) is 129 Å². The summed E-state index contributed by atoms with van der Waals surface area (Å²) in [7, 11) is 0. The number of nitrogens with zero attached hydrogens (tertiary/aromatic N) is 3. The lowest BCUT2D eigenvalue weighted by Gasteiger charge is -2.18. The summed E-state index contributed by atoms with van der Waals surface area (Å²) in [6.07, 6.45) is -3.21.